The first-order valence-corrected chi connectivity index (χ1v) is 7.13. The summed E-state index contributed by atoms with van der Waals surface area (Å²) in [7, 11) is 1.57. The number of amides is 2. The second-order valence-corrected chi connectivity index (χ2v) is 5.29. The summed E-state index contributed by atoms with van der Waals surface area (Å²) in [5.41, 5.74) is 0.714. The average molecular weight is 292 g/mol. The quantitative estimate of drug-likeness (QED) is 0.838. The molecule has 0 aliphatic heterocycles. The molecule has 5 nitrogen and oxygen atoms in total. The molecule has 5 heteroatoms. The molecule has 2 amide bonds. The number of anilines is 1. The van der Waals surface area contributed by atoms with Gasteiger partial charge in [-0.1, -0.05) is 26.0 Å². The van der Waals surface area contributed by atoms with Gasteiger partial charge in [-0.05, 0) is 18.1 Å². The molecule has 0 saturated heterocycles. The highest BCUT2D eigenvalue weighted by atomic mass is 16.5. The molecule has 116 valence electrons. The highest BCUT2D eigenvalue weighted by Crippen LogP contribution is 2.27. The van der Waals surface area contributed by atoms with E-state index in [0.717, 1.165) is 0 Å². The maximum Gasteiger partial charge on any atom is 0.224 e. The number of carbonyl (C=O) groups excluding carboxylic acids is 2. The molecule has 0 unspecified atom stereocenters. The molecule has 0 bridgehead atoms. The van der Waals surface area contributed by atoms with Gasteiger partial charge in [-0.15, -0.1) is 0 Å². The zero-order chi connectivity index (χ0) is 15.8. The highest BCUT2D eigenvalue weighted by molar-refractivity contribution is 5.93. The van der Waals surface area contributed by atoms with Crippen LogP contribution in [0, 0.1) is 5.92 Å². The molecule has 0 fully saturated rings. The third-order valence-electron chi connectivity index (χ3n) is 3.01. The van der Waals surface area contributed by atoms with Crippen molar-refractivity contribution in [2.24, 2.45) is 5.92 Å². The van der Waals surface area contributed by atoms with E-state index in [1.54, 1.807) is 12.0 Å². The Morgan fingerprint density at radius 2 is 1.95 bits per heavy atom. The number of hydrogen-bond donors (Lipinski definition) is 1. The molecule has 21 heavy (non-hydrogen) atoms. The Morgan fingerprint density at radius 1 is 1.29 bits per heavy atom. The summed E-state index contributed by atoms with van der Waals surface area (Å²) in [6.45, 7) is 6.33. The van der Waals surface area contributed by atoms with E-state index in [0.29, 0.717) is 36.9 Å². The van der Waals surface area contributed by atoms with Crippen molar-refractivity contribution in [3.05, 3.63) is 24.3 Å². The van der Waals surface area contributed by atoms with Crippen molar-refractivity contribution in [1.82, 2.24) is 5.32 Å². The zero-order valence-electron chi connectivity index (χ0n) is 13.2. The summed E-state index contributed by atoms with van der Waals surface area (Å²) < 4.78 is 5.28. The molecule has 0 aromatic heterocycles. The van der Waals surface area contributed by atoms with Crippen LogP contribution < -0.4 is 15.0 Å². The van der Waals surface area contributed by atoms with E-state index >= 15 is 0 Å². The number of benzene rings is 1. The zero-order valence-corrected chi connectivity index (χ0v) is 13.2. The van der Waals surface area contributed by atoms with E-state index in [2.05, 4.69) is 5.32 Å². The molecule has 0 radical (unpaired) electrons. The lowest BCUT2D eigenvalue weighted by atomic mass is 10.1. The maximum atomic E-state index is 11.8. The topological polar surface area (TPSA) is 58.6 Å². The van der Waals surface area contributed by atoms with Crippen LogP contribution in [-0.4, -0.2) is 32.0 Å². The van der Waals surface area contributed by atoms with Crippen molar-refractivity contribution in [3.63, 3.8) is 0 Å². The third kappa shape index (κ3) is 5.45. The van der Waals surface area contributed by atoms with E-state index < -0.39 is 0 Å². The van der Waals surface area contributed by atoms with Gasteiger partial charge in [0.05, 0.1) is 12.8 Å². The molecular formula is C16H24N2O3. The van der Waals surface area contributed by atoms with Crippen LogP contribution in [0.3, 0.4) is 0 Å². The molecule has 0 heterocycles. The van der Waals surface area contributed by atoms with Gasteiger partial charge in [0.25, 0.3) is 0 Å². The van der Waals surface area contributed by atoms with Gasteiger partial charge in [-0.3, -0.25) is 9.59 Å². The molecule has 0 atom stereocenters. The van der Waals surface area contributed by atoms with E-state index in [4.69, 9.17) is 4.74 Å². The second kappa shape index (κ2) is 8.29. The average Bonchev–Trinajstić information content (AvgIpc) is 2.42. The smallest absolute Gasteiger partial charge is 0.224 e. The number of ether oxygens (including phenoxy) is 1. The van der Waals surface area contributed by atoms with Gasteiger partial charge in [0.1, 0.15) is 5.75 Å². The van der Waals surface area contributed by atoms with E-state index in [1.807, 2.05) is 38.1 Å². The van der Waals surface area contributed by atoms with Crippen molar-refractivity contribution in [2.75, 3.05) is 25.1 Å². The van der Waals surface area contributed by atoms with Crippen LogP contribution in [0.25, 0.3) is 0 Å². The first-order chi connectivity index (χ1) is 9.95. The number of methoxy groups -OCH3 is 1. The van der Waals surface area contributed by atoms with Crippen LogP contribution in [0.5, 0.6) is 5.75 Å². The summed E-state index contributed by atoms with van der Waals surface area (Å²) in [6.07, 6.45) is 0.495. The Bertz CT molecular complexity index is 486. The van der Waals surface area contributed by atoms with Gasteiger partial charge >= 0.3 is 0 Å². The first kappa shape index (κ1) is 17.0. The van der Waals surface area contributed by atoms with Gasteiger partial charge in [0.15, 0.2) is 0 Å². The molecule has 1 N–H and O–H groups in total. The Morgan fingerprint density at radius 3 is 2.52 bits per heavy atom. The van der Waals surface area contributed by atoms with Crippen LogP contribution in [0.4, 0.5) is 5.69 Å². The lowest BCUT2D eigenvalue weighted by Gasteiger charge is -2.23. The largest absolute Gasteiger partial charge is 0.495 e. The van der Waals surface area contributed by atoms with Crippen LogP contribution in [0.15, 0.2) is 24.3 Å². The number of carbonyl (C=O) groups is 2. The van der Waals surface area contributed by atoms with Gasteiger partial charge in [-0.2, -0.15) is 0 Å². The summed E-state index contributed by atoms with van der Waals surface area (Å²) in [6, 6.07) is 7.34. The number of rotatable bonds is 7. The van der Waals surface area contributed by atoms with E-state index in [-0.39, 0.29) is 11.8 Å². The molecule has 0 spiro atoms. The number of nitrogens with one attached hydrogen (secondary N) is 1. The summed E-state index contributed by atoms with van der Waals surface area (Å²) in [5.74, 6) is 0.885. The van der Waals surface area contributed by atoms with Crippen molar-refractivity contribution in [2.45, 2.75) is 27.2 Å². The van der Waals surface area contributed by atoms with Gasteiger partial charge in [0.2, 0.25) is 11.8 Å². The highest BCUT2D eigenvalue weighted by Gasteiger charge is 2.15. The molecule has 0 aliphatic rings. The van der Waals surface area contributed by atoms with Crippen LogP contribution in [-0.2, 0) is 9.59 Å². The summed E-state index contributed by atoms with van der Waals surface area (Å²) in [5, 5.41) is 2.83. The maximum absolute atomic E-state index is 11.8. The van der Waals surface area contributed by atoms with Crippen LogP contribution in [0.2, 0.25) is 0 Å². The number of para-hydroxylation sites is 2. The molecule has 1 aromatic carbocycles. The van der Waals surface area contributed by atoms with Crippen LogP contribution in [0.1, 0.15) is 27.2 Å². The summed E-state index contributed by atoms with van der Waals surface area (Å²) >= 11 is 0. The first-order valence-electron chi connectivity index (χ1n) is 7.13. The number of nitrogens with zero attached hydrogens (tertiary/aromatic N) is 1. The predicted molar refractivity (Wildman–Crippen MR) is 83.5 cm³/mol. The predicted octanol–water partition coefficient (Wildman–Crippen LogP) is 2.21. The fourth-order valence-electron chi connectivity index (χ4n) is 2.05. The van der Waals surface area contributed by atoms with E-state index in [9.17, 15) is 9.59 Å². The van der Waals surface area contributed by atoms with Crippen LogP contribution >= 0.6 is 0 Å². The van der Waals surface area contributed by atoms with Crippen molar-refractivity contribution >= 4 is 17.5 Å². The van der Waals surface area contributed by atoms with Crippen molar-refractivity contribution < 1.29 is 14.3 Å². The second-order valence-electron chi connectivity index (χ2n) is 5.29. The minimum Gasteiger partial charge on any atom is -0.495 e. The Kier molecular flexibility index (Phi) is 6.72. The Hall–Kier alpha value is -2.04. The fourth-order valence-corrected chi connectivity index (χ4v) is 2.05. The lowest BCUT2D eigenvalue weighted by Crippen LogP contribution is -2.38. The van der Waals surface area contributed by atoms with Crippen molar-refractivity contribution in [3.8, 4) is 5.75 Å². The standard InChI is InChI=1S/C16H24N2O3/c1-12(2)11-16(20)17-9-10-18(13(3)19)14-7-5-6-8-15(14)21-4/h5-8,12H,9-11H2,1-4H3,(H,17,20). The normalized spacial score (nSPS) is 10.3. The SMILES string of the molecule is COc1ccccc1N(CCNC(=O)CC(C)C)C(C)=O. The minimum absolute atomic E-state index is 0.00790. The van der Waals surface area contributed by atoms with Gasteiger partial charge in [0, 0.05) is 26.4 Å². The Balaban J connectivity index is 2.67. The summed E-state index contributed by atoms with van der Waals surface area (Å²) in [4.78, 5) is 25.1. The fraction of sp³-hybridized carbons (Fsp3) is 0.500. The molecule has 0 saturated carbocycles. The lowest BCUT2D eigenvalue weighted by molar-refractivity contribution is -0.122. The monoisotopic (exact) mass is 292 g/mol. The van der Waals surface area contributed by atoms with Crippen molar-refractivity contribution in [1.29, 1.82) is 0 Å². The molecular weight excluding hydrogens is 268 g/mol. The molecule has 1 rings (SSSR count). The minimum atomic E-state index is -0.0855. The Labute approximate surface area is 126 Å². The molecule has 1 aromatic rings. The molecule has 0 aliphatic carbocycles. The van der Waals surface area contributed by atoms with Gasteiger partial charge in [-0.25, -0.2) is 0 Å². The van der Waals surface area contributed by atoms with E-state index in [1.165, 1.54) is 6.92 Å². The third-order valence-corrected chi connectivity index (χ3v) is 3.01. The number of hydrogen-bond acceptors (Lipinski definition) is 3. The van der Waals surface area contributed by atoms with Gasteiger partial charge < -0.3 is 15.0 Å².